The second kappa shape index (κ2) is 10.1. The molecule has 0 saturated carbocycles. The molecule has 0 unspecified atom stereocenters. The number of aromatic nitrogens is 1. The number of hydrogen-bond donors (Lipinski definition) is 1. The van der Waals surface area contributed by atoms with Crippen LogP contribution in [0.1, 0.15) is 17.3 Å². The molecule has 1 amide bonds. The van der Waals surface area contributed by atoms with Crippen LogP contribution in [0.15, 0.2) is 48.5 Å². The number of amides is 1. The van der Waals surface area contributed by atoms with Crippen LogP contribution in [0.5, 0.6) is 0 Å². The van der Waals surface area contributed by atoms with Gasteiger partial charge in [0.15, 0.2) is 5.92 Å². The zero-order chi connectivity index (χ0) is 24.1. The topological polar surface area (TPSA) is 121 Å². The van der Waals surface area contributed by atoms with Crippen LogP contribution in [0.3, 0.4) is 0 Å². The summed E-state index contributed by atoms with van der Waals surface area (Å²) in [6.45, 7) is 1.46. The number of fused-ring (bicyclic) bond motifs is 2. The van der Waals surface area contributed by atoms with Gasteiger partial charge in [-0.25, -0.2) is 9.78 Å². The quantitative estimate of drug-likeness (QED) is 0.251. The van der Waals surface area contributed by atoms with E-state index in [1.54, 1.807) is 36.4 Å². The number of carbonyl (C=O) groups is 4. The van der Waals surface area contributed by atoms with Gasteiger partial charge in [-0.3, -0.25) is 14.4 Å². The molecule has 3 rings (SSSR count). The number of rotatable bonds is 7. The standard InChI is InChI=1S/C24H24N2O7/c1-13(18(22(28)31-2)23(29)32-3)20(24(30)33-4)26-21(27)19-14-9-5-7-11-16(14)25-17-12-8-6-10-15(17)19/h5-13,18,20H,1-4H3,(H,26,27)/t13-,20-/m0/s1. The maximum atomic E-state index is 13.5. The third-order valence-electron chi connectivity index (χ3n) is 5.52. The minimum atomic E-state index is -1.45. The highest BCUT2D eigenvalue weighted by Crippen LogP contribution is 2.27. The molecule has 0 bridgehead atoms. The number of para-hydroxylation sites is 2. The van der Waals surface area contributed by atoms with Crippen molar-refractivity contribution in [1.29, 1.82) is 0 Å². The summed E-state index contributed by atoms with van der Waals surface area (Å²) in [6.07, 6.45) is 0. The van der Waals surface area contributed by atoms with Crippen molar-refractivity contribution in [3.05, 3.63) is 54.1 Å². The molecule has 2 aromatic carbocycles. The Hall–Kier alpha value is -4.01. The first kappa shape index (κ1) is 23.6. The highest BCUT2D eigenvalue weighted by Gasteiger charge is 2.42. The number of nitrogens with zero attached hydrogens (tertiary/aromatic N) is 1. The van der Waals surface area contributed by atoms with Crippen molar-refractivity contribution in [2.75, 3.05) is 21.3 Å². The average molecular weight is 452 g/mol. The van der Waals surface area contributed by atoms with Crippen LogP contribution in [-0.2, 0) is 28.6 Å². The van der Waals surface area contributed by atoms with Crippen LogP contribution >= 0.6 is 0 Å². The Labute approximate surface area is 190 Å². The van der Waals surface area contributed by atoms with E-state index in [0.717, 1.165) is 21.3 Å². The van der Waals surface area contributed by atoms with E-state index in [0.29, 0.717) is 27.4 Å². The summed E-state index contributed by atoms with van der Waals surface area (Å²) in [6, 6.07) is 12.9. The second-order valence-electron chi connectivity index (χ2n) is 7.38. The first-order valence-corrected chi connectivity index (χ1v) is 10.2. The summed E-state index contributed by atoms with van der Waals surface area (Å²) in [5.41, 5.74) is 1.52. The first-order valence-electron chi connectivity index (χ1n) is 10.2. The molecule has 0 saturated heterocycles. The van der Waals surface area contributed by atoms with Crippen LogP contribution in [0, 0.1) is 11.8 Å². The molecule has 0 spiro atoms. The molecule has 0 aliphatic carbocycles. The zero-order valence-corrected chi connectivity index (χ0v) is 18.7. The van der Waals surface area contributed by atoms with E-state index < -0.39 is 41.7 Å². The number of nitrogens with one attached hydrogen (secondary N) is 1. The molecular formula is C24H24N2O7. The van der Waals surface area contributed by atoms with Gasteiger partial charge in [0.25, 0.3) is 5.91 Å². The van der Waals surface area contributed by atoms with Gasteiger partial charge < -0.3 is 19.5 Å². The number of hydrogen-bond acceptors (Lipinski definition) is 8. The summed E-state index contributed by atoms with van der Waals surface area (Å²) in [5.74, 6) is -5.66. The highest BCUT2D eigenvalue weighted by molar-refractivity contribution is 6.16. The van der Waals surface area contributed by atoms with Gasteiger partial charge in [0.2, 0.25) is 0 Å². The Morgan fingerprint density at radius 2 is 1.21 bits per heavy atom. The first-order chi connectivity index (χ1) is 15.8. The van der Waals surface area contributed by atoms with Gasteiger partial charge in [0.1, 0.15) is 6.04 Å². The second-order valence-corrected chi connectivity index (χ2v) is 7.38. The average Bonchev–Trinajstić information content (AvgIpc) is 2.84. The summed E-state index contributed by atoms with van der Waals surface area (Å²) >= 11 is 0. The number of carbonyl (C=O) groups excluding carboxylic acids is 4. The predicted octanol–water partition coefficient (Wildman–Crippen LogP) is 2.26. The molecule has 9 nitrogen and oxygen atoms in total. The maximum absolute atomic E-state index is 13.5. The molecule has 172 valence electrons. The number of methoxy groups -OCH3 is 3. The van der Waals surface area contributed by atoms with E-state index in [2.05, 4.69) is 10.3 Å². The number of ether oxygens (including phenoxy) is 3. The van der Waals surface area contributed by atoms with Gasteiger partial charge in [-0.15, -0.1) is 0 Å². The Morgan fingerprint density at radius 1 is 0.758 bits per heavy atom. The van der Waals surface area contributed by atoms with Crippen LogP contribution in [0.25, 0.3) is 21.8 Å². The summed E-state index contributed by atoms with van der Waals surface area (Å²) in [4.78, 5) is 55.3. The largest absolute Gasteiger partial charge is 0.468 e. The van der Waals surface area contributed by atoms with E-state index in [9.17, 15) is 19.2 Å². The molecule has 0 fully saturated rings. The van der Waals surface area contributed by atoms with Crippen molar-refractivity contribution in [3.63, 3.8) is 0 Å². The van der Waals surface area contributed by atoms with Crippen molar-refractivity contribution < 1.29 is 33.4 Å². The third kappa shape index (κ3) is 4.62. The molecular weight excluding hydrogens is 428 g/mol. The van der Waals surface area contributed by atoms with Crippen LogP contribution in [-0.4, -0.2) is 56.2 Å². The fourth-order valence-electron chi connectivity index (χ4n) is 3.80. The maximum Gasteiger partial charge on any atom is 0.328 e. The van der Waals surface area contributed by atoms with E-state index in [-0.39, 0.29) is 0 Å². The number of esters is 3. The Bertz CT molecular complexity index is 1150. The van der Waals surface area contributed by atoms with E-state index in [1.165, 1.54) is 6.92 Å². The Kier molecular flexibility index (Phi) is 7.22. The molecule has 33 heavy (non-hydrogen) atoms. The Morgan fingerprint density at radius 3 is 1.67 bits per heavy atom. The molecule has 0 aliphatic heterocycles. The van der Waals surface area contributed by atoms with Crippen molar-refractivity contribution in [3.8, 4) is 0 Å². The van der Waals surface area contributed by atoms with Gasteiger partial charge in [-0.1, -0.05) is 43.3 Å². The third-order valence-corrected chi connectivity index (χ3v) is 5.52. The number of benzene rings is 2. The molecule has 1 aromatic heterocycles. The summed E-state index contributed by atoms with van der Waals surface area (Å²) in [5, 5.41) is 3.82. The minimum Gasteiger partial charge on any atom is -0.468 e. The van der Waals surface area contributed by atoms with Crippen molar-refractivity contribution in [2.45, 2.75) is 13.0 Å². The Balaban J connectivity index is 2.09. The fourth-order valence-corrected chi connectivity index (χ4v) is 3.80. The highest BCUT2D eigenvalue weighted by atomic mass is 16.5. The van der Waals surface area contributed by atoms with Crippen LogP contribution in [0.2, 0.25) is 0 Å². The lowest BCUT2D eigenvalue weighted by Gasteiger charge is -2.27. The van der Waals surface area contributed by atoms with Crippen molar-refractivity contribution in [1.82, 2.24) is 10.3 Å². The SMILES string of the molecule is COC(=O)C(C(=O)OC)[C@H](C)[C@H](NC(=O)c1c2ccccc2nc2ccccc12)C(=O)OC. The van der Waals surface area contributed by atoms with Gasteiger partial charge in [0.05, 0.1) is 37.9 Å². The van der Waals surface area contributed by atoms with Gasteiger partial charge >= 0.3 is 17.9 Å². The van der Waals surface area contributed by atoms with E-state index >= 15 is 0 Å². The van der Waals surface area contributed by atoms with Crippen LogP contribution in [0.4, 0.5) is 0 Å². The smallest absolute Gasteiger partial charge is 0.328 e. The minimum absolute atomic E-state index is 0.310. The lowest BCUT2D eigenvalue weighted by Crippen LogP contribution is -2.51. The van der Waals surface area contributed by atoms with Crippen molar-refractivity contribution in [2.24, 2.45) is 11.8 Å². The monoisotopic (exact) mass is 452 g/mol. The molecule has 2 atom stereocenters. The number of pyridine rings is 1. The molecule has 1 heterocycles. The normalized spacial score (nSPS) is 12.8. The zero-order valence-electron chi connectivity index (χ0n) is 18.7. The van der Waals surface area contributed by atoms with E-state index in [4.69, 9.17) is 14.2 Å². The molecule has 0 aliphatic rings. The summed E-state index contributed by atoms with van der Waals surface area (Å²) in [7, 11) is 3.38. The lowest BCUT2D eigenvalue weighted by atomic mass is 9.87. The summed E-state index contributed by atoms with van der Waals surface area (Å²) < 4.78 is 14.3. The van der Waals surface area contributed by atoms with Gasteiger partial charge in [-0.2, -0.15) is 0 Å². The lowest BCUT2D eigenvalue weighted by molar-refractivity contribution is -0.163. The molecule has 1 N–H and O–H groups in total. The fraction of sp³-hybridized carbons (Fsp3) is 0.292. The van der Waals surface area contributed by atoms with Crippen LogP contribution < -0.4 is 5.32 Å². The predicted molar refractivity (Wildman–Crippen MR) is 119 cm³/mol. The van der Waals surface area contributed by atoms with E-state index in [1.807, 2.05) is 12.1 Å². The molecule has 0 radical (unpaired) electrons. The molecule has 3 aromatic rings. The molecule has 9 heteroatoms. The van der Waals surface area contributed by atoms with Gasteiger partial charge in [0, 0.05) is 16.7 Å². The van der Waals surface area contributed by atoms with Crippen molar-refractivity contribution >= 4 is 45.6 Å². The van der Waals surface area contributed by atoms with Gasteiger partial charge in [-0.05, 0) is 12.1 Å².